The molecule has 0 N–H and O–H groups in total. The Balaban J connectivity index is 0.824. The predicted molar refractivity (Wildman–Crippen MR) is 300 cm³/mol. The maximum Gasteiger partial charge on any atom is 0.149 e. The van der Waals surface area contributed by atoms with E-state index in [-0.39, 0.29) is 0 Å². The van der Waals surface area contributed by atoms with E-state index in [0.29, 0.717) is 65.4 Å². The number of ether oxygens (including phenoxy) is 4. The maximum atomic E-state index is 6.53. The van der Waals surface area contributed by atoms with Gasteiger partial charge in [0.15, 0.2) is 0 Å². The van der Waals surface area contributed by atoms with Gasteiger partial charge >= 0.3 is 0 Å². The van der Waals surface area contributed by atoms with Gasteiger partial charge in [-0.1, -0.05) is 169 Å². The summed E-state index contributed by atoms with van der Waals surface area (Å²) in [5, 5.41) is 9.31. The van der Waals surface area contributed by atoms with Crippen molar-refractivity contribution in [1.82, 2.24) is 19.6 Å². The van der Waals surface area contributed by atoms with Gasteiger partial charge in [-0.15, -0.1) is 0 Å². The molecule has 0 aliphatic carbocycles. The number of fused-ring (bicyclic) bond motifs is 4. The average molecular weight is 973 g/mol. The highest BCUT2D eigenvalue weighted by Gasteiger charge is 2.20. The fourth-order valence-corrected chi connectivity index (χ4v) is 10.4. The normalized spacial score (nSPS) is 19.9. The minimum Gasteiger partial charge on any atom is -0.481 e. The lowest BCUT2D eigenvalue weighted by molar-refractivity contribution is 0.157. The highest BCUT2D eigenvalue weighted by atomic mass is 16.5. The Morgan fingerprint density at radius 2 is 0.486 bits per heavy atom. The first-order chi connectivity index (χ1) is 36.7. The van der Waals surface area contributed by atoms with Crippen LogP contribution in [0.4, 0.5) is 0 Å². The number of piperazine rings is 2. The van der Waals surface area contributed by atoms with Crippen LogP contribution in [0.1, 0.15) is 22.3 Å². The fourth-order valence-electron chi connectivity index (χ4n) is 10.4. The first kappa shape index (κ1) is 48.4. The molecule has 2 saturated heterocycles. The molecule has 0 atom stereocenters. The van der Waals surface area contributed by atoms with Crippen LogP contribution in [0.25, 0.3) is 43.1 Å². The highest BCUT2D eigenvalue weighted by Crippen LogP contribution is 2.38. The zero-order valence-electron chi connectivity index (χ0n) is 42.0. The van der Waals surface area contributed by atoms with Crippen LogP contribution >= 0.6 is 0 Å². The van der Waals surface area contributed by atoms with Crippen LogP contribution in [-0.2, 0) is 12.8 Å². The van der Waals surface area contributed by atoms with Crippen molar-refractivity contribution in [3.05, 3.63) is 168 Å². The van der Waals surface area contributed by atoms with Crippen molar-refractivity contribution in [3.63, 3.8) is 0 Å². The zero-order valence-corrected chi connectivity index (χ0v) is 42.0. The fraction of sp³-hybridized carbons (Fsp3) is 0.273. The molecule has 0 amide bonds. The molecule has 2 fully saturated rings. The molecule has 0 spiro atoms. The van der Waals surface area contributed by atoms with Crippen molar-refractivity contribution in [3.8, 4) is 70.4 Å². The summed E-state index contributed by atoms with van der Waals surface area (Å²) in [6.45, 7) is 11.5. The van der Waals surface area contributed by atoms with Gasteiger partial charge in [0.1, 0.15) is 49.4 Å². The molecule has 6 aliphatic heterocycles. The second-order valence-electron chi connectivity index (χ2n) is 19.1. The summed E-state index contributed by atoms with van der Waals surface area (Å²) in [5.41, 5.74) is 4.48. The Morgan fingerprint density at radius 1 is 0.257 bits per heavy atom. The Bertz CT molecular complexity index is 3090. The summed E-state index contributed by atoms with van der Waals surface area (Å²) in [7, 11) is 0. The van der Waals surface area contributed by atoms with Crippen LogP contribution in [0.2, 0.25) is 0 Å². The van der Waals surface area contributed by atoms with Gasteiger partial charge in [-0.3, -0.25) is 19.6 Å². The minimum atomic E-state index is 0.305. The van der Waals surface area contributed by atoms with Gasteiger partial charge in [-0.25, -0.2) is 0 Å². The summed E-state index contributed by atoms with van der Waals surface area (Å²) < 4.78 is 26.1. The maximum absolute atomic E-state index is 6.53. The van der Waals surface area contributed by atoms with Crippen LogP contribution in [-0.4, -0.2) is 125 Å². The van der Waals surface area contributed by atoms with Gasteiger partial charge in [0.05, 0.1) is 26.2 Å². The van der Waals surface area contributed by atoms with E-state index in [0.717, 1.165) is 119 Å². The van der Waals surface area contributed by atoms with Gasteiger partial charge < -0.3 is 18.9 Å². The first-order valence-corrected chi connectivity index (χ1v) is 26.0. The van der Waals surface area contributed by atoms with Gasteiger partial charge in [0, 0.05) is 87.5 Å². The third kappa shape index (κ3) is 11.6. The Labute approximate surface area is 435 Å². The molecule has 8 aromatic carbocycles. The molecule has 8 heteroatoms. The molecule has 6 heterocycles. The van der Waals surface area contributed by atoms with Crippen molar-refractivity contribution in [2.24, 2.45) is 0 Å². The largest absolute Gasteiger partial charge is 0.481 e. The first-order valence-electron chi connectivity index (χ1n) is 26.0. The van der Waals surface area contributed by atoms with Crippen LogP contribution < -0.4 is 18.9 Å². The molecule has 0 saturated carbocycles. The van der Waals surface area contributed by atoms with E-state index in [1.54, 1.807) is 0 Å². The summed E-state index contributed by atoms with van der Waals surface area (Å²) in [5.74, 6) is 30.3. The molecule has 14 rings (SSSR count). The molecule has 0 aromatic heterocycles. The number of benzene rings is 8. The van der Waals surface area contributed by atoms with E-state index < -0.39 is 0 Å². The number of rotatable bonds is 0. The third-order valence-corrected chi connectivity index (χ3v) is 14.5. The molecule has 74 heavy (non-hydrogen) atoms. The van der Waals surface area contributed by atoms with Crippen molar-refractivity contribution >= 4 is 43.1 Å². The molecular weight excluding hydrogens is 913 g/mol. The van der Waals surface area contributed by atoms with Crippen molar-refractivity contribution in [2.75, 3.05) is 105 Å². The molecule has 4 bridgehead atoms. The van der Waals surface area contributed by atoms with E-state index in [2.05, 4.69) is 213 Å². The molecular formula is C66H60N4O4. The molecule has 0 radical (unpaired) electrons. The smallest absolute Gasteiger partial charge is 0.149 e. The Hall–Kier alpha value is -7.92. The van der Waals surface area contributed by atoms with Crippen molar-refractivity contribution in [2.45, 2.75) is 12.8 Å². The third-order valence-electron chi connectivity index (χ3n) is 14.5. The monoisotopic (exact) mass is 972 g/mol. The average Bonchev–Trinajstić information content (AvgIpc) is 3.45. The van der Waals surface area contributed by atoms with Crippen molar-refractivity contribution < 1.29 is 18.9 Å². The number of nitrogens with zero attached hydrogens (tertiary/aromatic N) is 4. The highest BCUT2D eigenvalue weighted by molar-refractivity contribution is 5.93. The van der Waals surface area contributed by atoms with Gasteiger partial charge in [-0.05, 0) is 67.4 Å². The van der Waals surface area contributed by atoms with Gasteiger partial charge in [0.25, 0.3) is 0 Å². The van der Waals surface area contributed by atoms with Crippen LogP contribution in [0.5, 0.6) is 23.0 Å². The van der Waals surface area contributed by atoms with Crippen LogP contribution in [0.15, 0.2) is 146 Å². The molecule has 6 aliphatic rings. The Morgan fingerprint density at radius 3 is 0.730 bits per heavy atom. The number of hydrogen-bond donors (Lipinski definition) is 0. The summed E-state index contributed by atoms with van der Waals surface area (Å²) in [6.07, 6.45) is 1.27. The second-order valence-corrected chi connectivity index (χ2v) is 19.1. The molecule has 0 unspecified atom stereocenters. The lowest BCUT2D eigenvalue weighted by Crippen LogP contribution is -2.46. The molecule has 8 nitrogen and oxygen atoms in total. The summed E-state index contributed by atoms with van der Waals surface area (Å²) >= 11 is 0. The van der Waals surface area contributed by atoms with Crippen LogP contribution in [0.3, 0.4) is 0 Å². The second kappa shape index (κ2) is 23.7. The van der Waals surface area contributed by atoms with E-state index >= 15 is 0 Å². The minimum absolute atomic E-state index is 0.305. The van der Waals surface area contributed by atoms with Crippen LogP contribution in [0, 0.1) is 47.4 Å². The molecule has 368 valence electrons. The van der Waals surface area contributed by atoms with Gasteiger partial charge in [-0.2, -0.15) is 0 Å². The summed E-state index contributed by atoms with van der Waals surface area (Å²) in [6, 6.07) is 51.0. The number of hydrogen-bond acceptors (Lipinski definition) is 8. The van der Waals surface area contributed by atoms with E-state index in [1.165, 1.54) is 21.5 Å². The lowest BCUT2D eigenvalue weighted by atomic mass is 9.93. The Kier molecular flexibility index (Phi) is 15.5. The van der Waals surface area contributed by atoms with Crippen molar-refractivity contribution in [1.29, 1.82) is 0 Å². The van der Waals surface area contributed by atoms with Gasteiger partial charge in [0.2, 0.25) is 0 Å². The van der Waals surface area contributed by atoms with E-state index in [1.807, 2.05) is 0 Å². The SMILES string of the molecule is C1#CCN2CCN(CC#CCOc3ccc4ccccc4c3Cc3c(ccc4ccccc34)OCC#CCN3CCN(CC#CCOc4ccc5ccccc5c4Cc4c(ccc5ccccc45)OC1)CC3)CC2. The standard InChI is InChI=1S/C66H60N4O4/c1-5-21-55-51(17-1)25-29-63-59(55)49-60-56-22-6-2-18-52(56)26-30-64(60)72-46-14-10-34-68-41-43-70(44-42-68)36-12-16-48-74-66-32-28-54-20-4-8-24-58(54)62(66)50-61-57-23-7-3-19-53(57)27-31-65(61)73-47-15-11-35-69-39-37-67(38-40-69)33-9-13-45-71-63/h1-8,17-32H,33-50H2. The van der Waals surface area contributed by atoms with E-state index in [9.17, 15) is 0 Å². The lowest BCUT2D eigenvalue weighted by Gasteiger charge is -2.32. The zero-order chi connectivity index (χ0) is 49.7. The predicted octanol–water partition coefficient (Wildman–Crippen LogP) is 9.96. The quantitative estimate of drug-likeness (QED) is 0.139. The summed E-state index contributed by atoms with van der Waals surface area (Å²) in [4.78, 5) is 9.64. The van der Waals surface area contributed by atoms with E-state index in [4.69, 9.17) is 18.9 Å². The molecule has 8 aromatic rings. The topological polar surface area (TPSA) is 49.9 Å².